The van der Waals surface area contributed by atoms with Crippen LogP contribution < -0.4 is 0 Å². The Morgan fingerprint density at radius 3 is 1.27 bits per heavy atom. The molecule has 0 aliphatic carbocycles. The SMILES string of the molecule is CC(=O)O.CC(C)O.CO.O. The van der Waals surface area contributed by atoms with E-state index in [1.165, 1.54) is 0 Å². The fraction of sp³-hybridized carbons (Fsp3) is 0.833. The smallest absolute Gasteiger partial charge is 0.300 e. The van der Waals surface area contributed by atoms with Crippen molar-refractivity contribution in [2.24, 2.45) is 0 Å². The van der Waals surface area contributed by atoms with Gasteiger partial charge in [0.1, 0.15) is 0 Å². The monoisotopic (exact) mass is 170 g/mol. The predicted octanol–water partition coefficient (Wildman–Crippen LogP) is -0.738. The number of aliphatic carboxylic acids is 1. The number of aliphatic hydroxyl groups is 2. The first-order valence-electron chi connectivity index (χ1n) is 2.79. The van der Waals surface area contributed by atoms with Crippen LogP contribution in [0.4, 0.5) is 0 Å². The molecule has 11 heavy (non-hydrogen) atoms. The third-order valence-corrected chi connectivity index (χ3v) is 0. The van der Waals surface area contributed by atoms with Crippen LogP contribution in [-0.4, -0.2) is 40.0 Å². The molecular weight excluding hydrogens is 152 g/mol. The molecule has 0 aromatic heterocycles. The second-order valence-electron chi connectivity index (χ2n) is 1.61. The van der Waals surface area contributed by atoms with E-state index >= 15 is 0 Å². The summed E-state index contributed by atoms with van der Waals surface area (Å²) < 4.78 is 0. The highest BCUT2D eigenvalue weighted by Gasteiger charge is 1.69. The van der Waals surface area contributed by atoms with Crippen LogP contribution in [0, 0.1) is 0 Å². The van der Waals surface area contributed by atoms with Crippen LogP contribution in [0.25, 0.3) is 0 Å². The first-order chi connectivity index (χ1) is 4.46. The molecule has 0 atom stereocenters. The van der Waals surface area contributed by atoms with Crippen molar-refractivity contribution in [2.75, 3.05) is 7.11 Å². The van der Waals surface area contributed by atoms with Crippen molar-refractivity contribution >= 4 is 5.97 Å². The summed E-state index contributed by atoms with van der Waals surface area (Å²) in [5.41, 5.74) is 0. The fourth-order valence-corrected chi connectivity index (χ4v) is 0. The minimum Gasteiger partial charge on any atom is -0.481 e. The Kier molecular flexibility index (Phi) is 46.5. The minimum atomic E-state index is -0.833. The molecule has 0 fully saturated rings. The normalized spacial score (nSPS) is 6.09. The van der Waals surface area contributed by atoms with E-state index in [1.54, 1.807) is 13.8 Å². The lowest BCUT2D eigenvalue weighted by atomic mass is 10.5. The molecule has 0 aliphatic rings. The van der Waals surface area contributed by atoms with Gasteiger partial charge in [0.15, 0.2) is 0 Å². The average Bonchev–Trinajstić information content (AvgIpc) is 1.66. The van der Waals surface area contributed by atoms with Gasteiger partial charge in [-0.1, -0.05) is 0 Å². The molecule has 0 aromatic rings. The van der Waals surface area contributed by atoms with Gasteiger partial charge in [-0.05, 0) is 13.8 Å². The van der Waals surface area contributed by atoms with Crippen LogP contribution in [0.2, 0.25) is 0 Å². The van der Waals surface area contributed by atoms with Gasteiger partial charge in [-0.25, -0.2) is 0 Å². The Morgan fingerprint density at radius 2 is 1.27 bits per heavy atom. The van der Waals surface area contributed by atoms with Gasteiger partial charge >= 0.3 is 0 Å². The van der Waals surface area contributed by atoms with Crippen molar-refractivity contribution in [3.05, 3.63) is 0 Å². The zero-order valence-corrected chi connectivity index (χ0v) is 7.33. The van der Waals surface area contributed by atoms with E-state index in [2.05, 4.69) is 0 Å². The summed E-state index contributed by atoms with van der Waals surface area (Å²) in [6.07, 6.45) is -0.167. The van der Waals surface area contributed by atoms with Crippen molar-refractivity contribution < 1.29 is 25.6 Å². The van der Waals surface area contributed by atoms with Gasteiger partial charge in [0, 0.05) is 20.1 Å². The summed E-state index contributed by atoms with van der Waals surface area (Å²) in [6, 6.07) is 0. The molecule has 0 heterocycles. The second kappa shape index (κ2) is 22.8. The highest BCUT2D eigenvalue weighted by atomic mass is 16.4. The van der Waals surface area contributed by atoms with Gasteiger partial charge in [0.25, 0.3) is 5.97 Å². The molecule has 5 nitrogen and oxygen atoms in total. The lowest BCUT2D eigenvalue weighted by Crippen LogP contribution is -1.85. The van der Waals surface area contributed by atoms with Crippen molar-refractivity contribution in [1.29, 1.82) is 0 Å². The molecule has 0 amide bonds. The van der Waals surface area contributed by atoms with Crippen LogP contribution in [0.3, 0.4) is 0 Å². The Labute approximate surface area is 66.6 Å². The van der Waals surface area contributed by atoms with E-state index in [0.717, 1.165) is 14.0 Å². The van der Waals surface area contributed by atoms with Gasteiger partial charge in [-0.15, -0.1) is 0 Å². The van der Waals surface area contributed by atoms with E-state index in [4.69, 9.17) is 20.1 Å². The first-order valence-corrected chi connectivity index (χ1v) is 2.79. The van der Waals surface area contributed by atoms with Gasteiger partial charge in [0.2, 0.25) is 0 Å². The van der Waals surface area contributed by atoms with E-state index < -0.39 is 5.97 Å². The van der Waals surface area contributed by atoms with Crippen molar-refractivity contribution in [2.45, 2.75) is 26.9 Å². The van der Waals surface area contributed by atoms with E-state index in [-0.39, 0.29) is 11.6 Å². The highest BCUT2D eigenvalue weighted by Crippen LogP contribution is 1.65. The number of carbonyl (C=O) groups is 1. The molecule has 72 valence electrons. The molecule has 5 heteroatoms. The van der Waals surface area contributed by atoms with Crippen molar-refractivity contribution in [3.8, 4) is 0 Å². The maximum Gasteiger partial charge on any atom is 0.300 e. The summed E-state index contributed by atoms with van der Waals surface area (Å²) in [5.74, 6) is -0.833. The third-order valence-electron chi connectivity index (χ3n) is 0. The standard InChI is InChI=1S/C3H8O.C2H4O2.CH4O.H2O/c1-3(2)4;1-2(3)4;1-2;/h3-4H,1-2H3;1H3,(H,3,4);2H,1H3;1H2. The number of hydrogen-bond acceptors (Lipinski definition) is 3. The van der Waals surface area contributed by atoms with E-state index in [9.17, 15) is 0 Å². The lowest BCUT2D eigenvalue weighted by molar-refractivity contribution is -0.134. The summed E-state index contributed by atoms with van der Waals surface area (Å²) in [6.45, 7) is 4.53. The first kappa shape index (κ1) is 22.4. The maximum absolute atomic E-state index is 9.00. The minimum absolute atomic E-state index is 0. The van der Waals surface area contributed by atoms with E-state index in [1.807, 2.05) is 0 Å². The predicted molar refractivity (Wildman–Crippen MR) is 42.4 cm³/mol. The Balaban J connectivity index is -0.0000000339. The average molecular weight is 170 g/mol. The third kappa shape index (κ3) is 1200. The molecule has 0 saturated carbocycles. The maximum atomic E-state index is 9.00. The van der Waals surface area contributed by atoms with Crippen LogP contribution in [0.1, 0.15) is 20.8 Å². The largest absolute Gasteiger partial charge is 0.481 e. The number of carboxylic acids is 1. The second-order valence-corrected chi connectivity index (χ2v) is 1.61. The molecule has 5 N–H and O–H groups in total. The van der Waals surface area contributed by atoms with Crippen LogP contribution in [0.15, 0.2) is 0 Å². The van der Waals surface area contributed by atoms with Crippen LogP contribution in [-0.2, 0) is 4.79 Å². The summed E-state index contributed by atoms with van der Waals surface area (Å²) in [7, 11) is 1.00. The molecule has 0 rings (SSSR count). The van der Waals surface area contributed by atoms with Crippen molar-refractivity contribution in [3.63, 3.8) is 0 Å². The molecular formula is C6H18O5. The molecule has 0 aromatic carbocycles. The lowest BCUT2D eigenvalue weighted by Gasteiger charge is -1.80. The topological polar surface area (TPSA) is 109 Å². The summed E-state index contributed by atoms with van der Waals surface area (Å²) >= 11 is 0. The van der Waals surface area contributed by atoms with Gasteiger partial charge in [0.05, 0.1) is 0 Å². The zero-order valence-electron chi connectivity index (χ0n) is 7.33. The quantitative estimate of drug-likeness (QED) is 0.444. The van der Waals surface area contributed by atoms with Crippen molar-refractivity contribution in [1.82, 2.24) is 0 Å². The molecule has 0 radical (unpaired) electrons. The zero-order chi connectivity index (χ0) is 9.15. The molecule has 0 aliphatic heterocycles. The van der Waals surface area contributed by atoms with Gasteiger partial charge in [-0.2, -0.15) is 0 Å². The van der Waals surface area contributed by atoms with Crippen LogP contribution in [0.5, 0.6) is 0 Å². The summed E-state index contributed by atoms with van der Waals surface area (Å²) in [4.78, 5) is 9.00. The number of hydrogen-bond donors (Lipinski definition) is 3. The van der Waals surface area contributed by atoms with Crippen LogP contribution >= 0.6 is 0 Å². The number of aliphatic hydroxyl groups excluding tert-OH is 2. The number of rotatable bonds is 0. The molecule has 0 bridgehead atoms. The summed E-state index contributed by atoms with van der Waals surface area (Å²) in [5, 5.41) is 22.5. The Morgan fingerprint density at radius 1 is 1.27 bits per heavy atom. The Bertz CT molecular complexity index is 55.2. The molecule has 0 saturated heterocycles. The van der Waals surface area contributed by atoms with E-state index in [0.29, 0.717) is 0 Å². The van der Waals surface area contributed by atoms with Gasteiger partial charge in [-0.3, -0.25) is 4.79 Å². The highest BCUT2D eigenvalue weighted by molar-refractivity contribution is 5.62. The molecule has 0 spiro atoms. The fourth-order valence-electron chi connectivity index (χ4n) is 0. The van der Waals surface area contributed by atoms with Gasteiger partial charge < -0.3 is 20.8 Å². The Hall–Kier alpha value is -0.650. The molecule has 0 unspecified atom stereocenters. The number of carboxylic acid groups (broad SMARTS) is 1.